The van der Waals surface area contributed by atoms with Gasteiger partial charge in [0.2, 0.25) is 0 Å². The quantitative estimate of drug-likeness (QED) is 0.333. The molecule has 0 atom stereocenters. The van der Waals surface area contributed by atoms with Crippen LogP contribution in [0.15, 0.2) is 36.4 Å². The molecule has 0 heterocycles. The summed E-state index contributed by atoms with van der Waals surface area (Å²) in [5.41, 5.74) is 7.01. The summed E-state index contributed by atoms with van der Waals surface area (Å²) in [7, 11) is 0. The van der Waals surface area contributed by atoms with Crippen molar-refractivity contribution in [2.24, 2.45) is 0 Å². The van der Waals surface area contributed by atoms with Crippen molar-refractivity contribution in [1.82, 2.24) is 0 Å². The van der Waals surface area contributed by atoms with Gasteiger partial charge in [-0.3, -0.25) is 0 Å². The minimum Gasteiger partial charge on any atom is -0.374 e. The molecule has 0 radical (unpaired) electrons. The maximum Gasteiger partial charge on any atom is 0.0726 e. The van der Waals surface area contributed by atoms with Crippen LogP contribution in [0.2, 0.25) is 0 Å². The molecule has 0 saturated carbocycles. The fourth-order valence-corrected chi connectivity index (χ4v) is 3.28. The zero-order valence-electron chi connectivity index (χ0n) is 21.2. The van der Waals surface area contributed by atoms with E-state index < -0.39 is 0 Å². The average Bonchev–Trinajstić information content (AvgIpc) is 2.73. The van der Waals surface area contributed by atoms with Gasteiger partial charge in [-0.15, -0.1) is 0 Å². The average molecular weight is 443 g/mol. The summed E-state index contributed by atoms with van der Waals surface area (Å²) >= 11 is 0. The highest BCUT2D eigenvalue weighted by atomic mass is 16.5. The third-order valence-corrected chi connectivity index (χ3v) is 4.94. The molecule has 2 aromatic rings. The van der Waals surface area contributed by atoms with E-state index in [0.717, 1.165) is 11.1 Å². The minimum atomic E-state index is 0.165. The van der Waals surface area contributed by atoms with E-state index in [4.69, 9.17) is 18.9 Å². The molecule has 2 rings (SSSR count). The van der Waals surface area contributed by atoms with E-state index in [-0.39, 0.29) is 24.4 Å². The van der Waals surface area contributed by atoms with Gasteiger partial charge in [0, 0.05) is 0 Å². The van der Waals surface area contributed by atoms with Crippen molar-refractivity contribution >= 4 is 0 Å². The Morgan fingerprint density at radius 3 is 1.09 bits per heavy atom. The molecule has 0 bridgehead atoms. The van der Waals surface area contributed by atoms with E-state index in [2.05, 4.69) is 91.8 Å². The van der Waals surface area contributed by atoms with Gasteiger partial charge in [0.1, 0.15) is 0 Å². The molecular formula is C28H42O4. The standard InChI is InChI=1S/C28H42O4/c1-19(2)29-15-23-9-11-27(25(13-23)17-31-21(5)6)28-12-10-24(16-30-20(3)4)14-26(28)18-32-22(7)8/h9-14,19-22H,15-18H2,1-8H3. The van der Waals surface area contributed by atoms with E-state index in [9.17, 15) is 0 Å². The summed E-state index contributed by atoms with van der Waals surface area (Å²) in [6, 6.07) is 13.1. The zero-order chi connectivity index (χ0) is 23.7. The summed E-state index contributed by atoms with van der Waals surface area (Å²) in [6.45, 7) is 18.8. The number of hydrogen-bond acceptors (Lipinski definition) is 4. The predicted molar refractivity (Wildman–Crippen MR) is 132 cm³/mol. The monoisotopic (exact) mass is 442 g/mol. The first kappa shape index (κ1) is 26.5. The van der Waals surface area contributed by atoms with Crippen molar-refractivity contribution < 1.29 is 18.9 Å². The molecule has 0 aromatic heterocycles. The summed E-state index contributed by atoms with van der Waals surface area (Å²) in [5.74, 6) is 0. The van der Waals surface area contributed by atoms with Gasteiger partial charge < -0.3 is 18.9 Å². The third kappa shape index (κ3) is 9.03. The molecule has 178 valence electrons. The largest absolute Gasteiger partial charge is 0.374 e. The lowest BCUT2D eigenvalue weighted by atomic mass is 9.93. The molecule has 0 aliphatic carbocycles. The molecule has 4 nitrogen and oxygen atoms in total. The molecule has 2 aromatic carbocycles. The first-order chi connectivity index (χ1) is 15.2. The zero-order valence-corrected chi connectivity index (χ0v) is 21.2. The van der Waals surface area contributed by atoms with Gasteiger partial charge in [0.25, 0.3) is 0 Å². The normalized spacial score (nSPS) is 12.0. The van der Waals surface area contributed by atoms with Crippen molar-refractivity contribution in [2.45, 2.75) is 106 Å². The van der Waals surface area contributed by atoms with Crippen LogP contribution in [0.1, 0.15) is 77.6 Å². The third-order valence-electron chi connectivity index (χ3n) is 4.94. The number of rotatable bonds is 13. The molecule has 0 aliphatic heterocycles. The van der Waals surface area contributed by atoms with E-state index in [1.54, 1.807) is 0 Å². The van der Waals surface area contributed by atoms with Crippen LogP contribution in [-0.2, 0) is 45.4 Å². The Kier molecular flexibility index (Phi) is 10.9. The smallest absolute Gasteiger partial charge is 0.0726 e. The maximum atomic E-state index is 6.01. The minimum absolute atomic E-state index is 0.165. The van der Waals surface area contributed by atoms with Crippen molar-refractivity contribution in [2.75, 3.05) is 0 Å². The fourth-order valence-electron chi connectivity index (χ4n) is 3.28. The molecule has 0 spiro atoms. The molecule has 0 unspecified atom stereocenters. The Labute approximate surface area is 195 Å². The molecule has 4 heteroatoms. The van der Waals surface area contributed by atoms with Crippen LogP contribution in [0.5, 0.6) is 0 Å². The maximum absolute atomic E-state index is 6.01. The van der Waals surface area contributed by atoms with Crippen molar-refractivity contribution in [3.8, 4) is 11.1 Å². The Morgan fingerprint density at radius 1 is 0.469 bits per heavy atom. The lowest BCUT2D eigenvalue weighted by Crippen LogP contribution is -2.08. The van der Waals surface area contributed by atoms with Gasteiger partial charge in [-0.2, -0.15) is 0 Å². The summed E-state index contributed by atoms with van der Waals surface area (Å²) in [6.07, 6.45) is 0.728. The Balaban J connectivity index is 2.44. The van der Waals surface area contributed by atoms with Gasteiger partial charge in [-0.25, -0.2) is 0 Å². The van der Waals surface area contributed by atoms with Crippen LogP contribution in [0.4, 0.5) is 0 Å². The molecular weight excluding hydrogens is 400 g/mol. The molecule has 0 N–H and O–H groups in total. The summed E-state index contributed by atoms with van der Waals surface area (Å²) in [5, 5.41) is 0. The van der Waals surface area contributed by atoms with Crippen LogP contribution < -0.4 is 0 Å². The van der Waals surface area contributed by atoms with Crippen LogP contribution in [0.3, 0.4) is 0 Å². The van der Waals surface area contributed by atoms with Crippen molar-refractivity contribution in [3.63, 3.8) is 0 Å². The predicted octanol–water partition coefficient (Wildman–Crippen LogP) is 7.05. The first-order valence-corrected chi connectivity index (χ1v) is 11.9. The molecule has 0 aliphatic rings. The first-order valence-electron chi connectivity index (χ1n) is 11.9. The highest BCUT2D eigenvalue weighted by Gasteiger charge is 2.14. The molecule has 0 amide bonds. The highest BCUT2D eigenvalue weighted by Crippen LogP contribution is 2.31. The van der Waals surface area contributed by atoms with Crippen LogP contribution >= 0.6 is 0 Å². The second-order valence-corrected chi connectivity index (χ2v) is 9.42. The van der Waals surface area contributed by atoms with E-state index in [0.29, 0.717) is 26.4 Å². The fraction of sp³-hybridized carbons (Fsp3) is 0.571. The van der Waals surface area contributed by atoms with Gasteiger partial charge >= 0.3 is 0 Å². The number of benzene rings is 2. The van der Waals surface area contributed by atoms with Gasteiger partial charge in [-0.1, -0.05) is 36.4 Å². The number of hydrogen-bond donors (Lipinski definition) is 0. The molecule has 0 saturated heterocycles. The van der Waals surface area contributed by atoms with Crippen LogP contribution in [-0.4, -0.2) is 24.4 Å². The van der Waals surface area contributed by atoms with Gasteiger partial charge in [0.15, 0.2) is 0 Å². The highest BCUT2D eigenvalue weighted by molar-refractivity contribution is 5.71. The lowest BCUT2D eigenvalue weighted by Gasteiger charge is -2.19. The second kappa shape index (κ2) is 13.1. The van der Waals surface area contributed by atoms with E-state index >= 15 is 0 Å². The molecule has 32 heavy (non-hydrogen) atoms. The van der Waals surface area contributed by atoms with E-state index in [1.165, 1.54) is 22.3 Å². The topological polar surface area (TPSA) is 36.9 Å². The van der Waals surface area contributed by atoms with Crippen molar-refractivity contribution in [1.29, 1.82) is 0 Å². The van der Waals surface area contributed by atoms with Gasteiger partial charge in [-0.05, 0) is 88.8 Å². The van der Waals surface area contributed by atoms with Crippen LogP contribution in [0.25, 0.3) is 11.1 Å². The van der Waals surface area contributed by atoms with Gasteiger partial charge in [0.05, 0.1) is 50.8 Å². The summed E-state index contributed by atoms with van der Waals surface area (Å²) < 4.78 is 23.7. The Hall–Kier alpha value is -1.72. The Morgan fingerprint density at radius 2 is 0.781 bits per heavy atom. The SMILES string of the molecule is CC(C)OCc1ccc(-c2ccc(COC(C)C)cc2COC(C)C)c(COC(C)C)c1. The molecule has 0 fully saturated rings. The lowest BCUT2D eigenvalue weighted by molar-refractivity contribution is 0.0618. The van der Waals surface area contributed by atoms with Crippen LogP contribution in [0, 0.1) is 0 Å². The second-order valence-electron chi connectivity index (χ2n) is 9.42. The Bertz CT molecular complexity index is 755. The summed E-state index contributed by atoms with van der Waals surface area (Å²) in [4.78, 5) is 0. The van der Waals surface area contributed by atoms with E-state index in [1.807, 2.05) is 0 Å². The van der Waals surface area contributed by atoms with Crippen molar-refractivity contribution in [3.05, 3.63) is 58.7 Å². The number of ether oxygens (including phenoxy) is 4.